The number of benzene rings is 1. The minimum Gasteiger partial charge on any atom is -0.292 e. The van der Waals surface area contributed by atoms with Crippen molar-refractivity contribution < 1.29 is 4.79 Å². The molecule has 0 bridgehead atoms. The largest absolute Gasteiger partial charge is 0.292 e. The van der Waals surface area contributed by atoms with Gasteiger partial charge in [0, 0.05) is 30.5 Å². The zero-order valence-electron chi connectivity index (χ0n) is 11.5. The second kappa shape index (κ2) is 5.36. The van der Waals surface area contributed by atoms with E-state index in [1.54, 1.807) is 6.08 Å². The third-order valence-corrected chi connectivity index (χ3v) is 3.54. The molecule has 5 heteroatoms. The maximum absolute atomic E-state index is 12.0. The van der Waals surface area contributed by atoms with Crippen LogP contribution in [-0.4, -0.2) is 22.4 Å². The number of carbonyl (C=O) groups excluding carboxylic acids is 1. The fourth-order valence-corrected chi connectivity index (χ4v) is 2.43. The standard InChI is InChI=1S/C16H15N3O2/c1-2-11-8-15(21)19(10-11)16-17-13(9-14(20)18-16)12-6-4-3-5-7-12/h2-7,9,11H,1,8,10H2,(H,17,18,20). The lowest BCUT2D eigenvalue weighted by Gasteiger charge is -2.15. The molecule has 0 radical (unpaired) electrons. The second-order valence-electron chi connectivity index (χ2n) is 5.02. The van der Waals surface area contributed by atoms with Crippen LogP contribution in [0.5, 0.6) is 0 Å². The van der Waals surface area contributed by atoms with E-state index in [1.165, 1.54) is 11.0 Å². The first-order valence-electron chi connectivity index (χ1n) is 6.77. The smallest absolute Gasteiger partial charge is 0.252 e. The summed E-state index contributed by atoms with van der Waals surface area (Å²) in [4.78, 5) is 32.4. The third kappa shape index (κ3) is 2.63. The molecule has 1 saturated heterocycles. The van der Waals surface area contributed by atoms with Crippen LogP contribution >= 0.6 is 0 Å². The van der Waals surface area contributed by atoms with E-state index in [0.717, 1.165) is 5.56 Å². The first-order valence-corrected chi connectivity index (χ1v) is 6.77. The summed E-state index contributed by atoms with van der Waals surface area (Å²) in [6.45, 7) is 4.22. The molecule has 2 heterocycles. The summed E-state index contributed by atoms with van der Waals surface area (Å²) in [5.74, 6) is 0.354. The number of carbonyl (C=O) groups is 1. The monoisotopic (exact) mass is 281 g/mol. The summed E-state index contributed by atoms with van der Waals surface area (Å²) in [6, 6.07) is 10.9. The molecule has 1 atom stereocenters. The van der Waals surface area contributed by atoms with Gasteiger partial charge >= 0.3 is 0 Å². The minimum absolute atomic E-state index is 0.0479. The molecule has 0 spiro atoms. The minimum atomic E-state index is -0.270. The number of anilines is 1. The van der Waals surface area contributed by atoms with Gasteiger partial charge in [0.1, 0.15) is 0 Å². The van der Waals surface area contributed by atoms with E-state index in [-0.39, 0.29) is 17.4 Å². The highest BCUT2D eigenvalue weighted by Crippen LogP contribution is 2.24. The van der Waals surface area contributed by atoms with Crippen LogP contribution in [0.1, 0.15) is 6.42 Å². The van der Waals surface area contributed by atoms with Crippen molar-refractivity contribution >= 4 is 11.9 Å². The second-order valence-corrected chi connectivity index (χ2v) is 5.02. The van der Waals surface area contributed by atoms with Gasteiger partial charge in [-0.3, -0.25) is 19.5 Å². The lowest BCUT2D eigenvalue weighted by atomic mass is 10.1. The number of aromatic nitrogens is 2. The first kappa shape index (κ1) is 13.3. The summed E-state index contributed by atoms with van der Waals surface area (Å²) in [6.07, 6.45) is 2.17. The summed E-state index contributed by atoms with van der Waals surface area (Å²) < 4.78 is 0. The molecule has 2 aromatic rings. The average molecular weight is 281 g/mol. The molecule has 0 aliphatic carbocycles. The summed E-state index contributed by atoms with van der Waals surface area (Å²) >= 11 is 0. The molecular formula is C16H15N3O2. The van der Waals surface area contributed by atoms with Crippen molar-refractivity contribution in [3.05, 3.63) is 59.4 Å². The maximum atomic E-state index is 12.0. The third-order valence-electron chi connectivity index (χ3n) is 3.54. The Morgan fingerprint density at radius 2 is 2.05 bits per heavy atom. The molecule has 1 unspecified atom stereocenters. The Morgan fingerprint density at radius 1 is 1.29 bits per heavy atom. The van der Waals surface area contributed by atoms with Crippen molar-refractivity contribution in [3.63, 3.8) is 0 Å². The predicted octanol–water partition coefficient (Wildman–Crippen LogP) is 1.98. The number of nitrogens with zero attached hydrogens (tertiary/aromatic N) is 2. The fraction of sp³-hybridized carbons (Fsp3) is 0.188. The number of rotatable bonds is 3. The number of aromatic amines is 1. The Morgan fingerprint density at radius 3 is 2.71 bits per heavy atom. The highest BCUT2D eigenvalue weighted by Gasteiger charge is 2.30. The number of nitrogens with one attached hydrogen (secondary N) is 1. The SMILES string of the molecule is C=CC1CC(=O)N(c2nc(-c3ccccc3)cc(=O)[nH]2)C1. The quantitative estimate of drug-likeness (QED) is 0.875. The normalized spacial score (nSPS) is 18.0. The Hall–Kier alpha value is -2.69. The van der Waals surface area contributed by atoms with Crippen LogP contribution in [0, 0.1) is 5.92 Å². The van der Waals surface area contributed by atoms with Crippen molar-refractivity contribution in [3.8, 4) is 11.3 Å². The fourth-order valence-electron chi connectivity index (χ4n) is 2.43. The number of hydrogen-bond donors (Lipinski definition) is 1. The lowest BCUT2D eigenvalue weighted by Crippen LogP contribution is -2.28. The highest BCUT2D eigenvalue weighted by molar-refractivity contribution is 5.94. The number of H-pyrrole nitrogens is 1. The molecule has 0 saturated carbocycles. The van der Waals surface area contributed by atoms with E-state index >= 15 is 0 Å². The molecule has 1 fully saturated rings. The number of hydrogen-bond acceptors (Lipinski definition) is 3. The van der Waals surface area contributed by atoms with E-state index < -0.39 is 0 Å². The molecule has 1 aromatic heterocycles. The molecular weight excluding hydrogens is 266 g/mol. The Kier molecular flexibility index (Phi) is 3.39. The Labute approximate surface area is 122 Å². The van der Waals surface area contributed by atoms with Crippen molar-refractivity contribution in [1.29, 1.82) is 0 Å². The van der Waals surface area contributed by atoms with E-state index in [4.69, 9.17) is 0 Å². The van der Waals surface area contributed by atoms with E-state index in [9.17, 15) is 9.59 Å². The van der Waals surface area contributed by atoms with Crippen LogP contribution in [0.4, 0.5) is 5.95 Å². The van der Waals surface area contributed by atoms with E-state index in [0.29, 0.717) is 24.6 Å². The molecule has 5 nitrogen and oxygen atoms in total. The summed E-state index contributed by atoms with van der Waals surface area (Å²) in [5, 5.41) is 0. The predicted molar refractivity (Wildman–Crippen MR) is 81.0 cm³/mol. The summed E-state index contributed by atoms with van der Waals surface area (Å²) in [7, 11) is 0. The zero-order chi connectivity index (χ0) is 14.8. The van der Waals surface area contributed by atoms with Crippen molar-refractivity contribution in [2.24, 2.45) is 5.92 Å². The van der Waals surface area contributed by atoms with Gasteiger partial charge in [-0.2, -0.15) is 0 Å². The summed E-state index contributed by atoms with van der Waals surface area (Å²) in [5.41, 5.74) is 1.13. The van der Waals surface area contributed by atoms with Gasteiger partial charge in [0.15, 0.2) is 0 Å². The van der Waals surface area contributed by atoms with Gasteiger partial charge in [0.2, 0.25) is 11.9 Å². The van der Waals surface area contributed by atoms with Crippen LogP contribution in [0.15, 0.2) is 53.8 Å². The zero-order valence-corrected chi connectivity index (χ0v) is 11.5. The van der Waals surface area contributed by atoms with Gasteiger partial charge in [0.25, 0.3) is 5.56 Å². The maximum Gasteiger partial charge on any atom is 0.252 e. The van der Waals surface area contributed by atoms with Crippen molar-refractivity contribution in [1.82, 2.24) is 9.97 Å². The number of amides is 1. The first-order chi connectivity index (χ1) is 10.2. The van der Waals surface area contributed by atoms with Gasteiger partial charge in [-0.1, -0.05) is 36.4 Å². The Bertz CT molecular complexity index is 737. The van der Waals surface area contributed by atoms with Gasteiger partial charge in [-0.15, -0.1) is 6.58 Å². The highest BCUT2D eigenvalue weighted by atomic mass is 16.2. The van der Waals surface area contributed by atoms with Gasteiger partial charge < -0.3 is 0 Å². The molecule has 21 heavy (non-hydrogen) atoms. The molecule has 3 rings (SSSR count). The van der Waals surface area contributed by atoms with Crippen LogP contribution in [0.2, 0.25) is 0 Å². The molecule has 1 amide bonds. The molecule has 1 aliphatic rings. The average Bonchev–Trinajstić information content (AvgIpc) is 2.89. The lowest BCUT2D eigenvalue weighted by molar-refractivity contribution is -0.117. The molecule has 1 aliphatic heterocycles. The molecule has 1 N–H and O–H groups in total. The Balaban J connectivity index is 2.01. The molecule has 106 valence electrons. The topological polar surface area (TPSA) is 66.1 Å². The van der Waals surface area contributed by atoms with Gasteiger partial charge in [0.05, 0.1) is 5.69 Å². The van der Waals surface area contributed by atoms with Gasteiger partial charge in [-0.05, 0) is 0 Å². The van der Waals surface area contributed by atoms with E-state index in [2.05, 4.69) is 16.5 Å². The van der Waals surface area contributed by atoms with Crippen molar-refractivity contribution in [2.75, 3.05) is 11.4 Å². The van der Waals surface area contributed by atoms with E-state index in [1.807, 2.05) is 30.3 Å². The molecule has 1 aromatic carbocycles. The van der Waals surface area contributed by atoms with Crippen LogP contribution in [0.25, 0.3) is 11.3 Å². The van der Waals surface area contributed by atoms with Crippen LogP contribution in [-0.2, 0) is 4.79 Å². The van der Waals surface area contributed by atoms with Crippen LogP contribution in [0.3, 0.4) is 0 Å². The van der Waals surface area contributed by atoms with Crippen molar-refractivity contribution in [2.45, 2.75) is 6.42 Å². The van der Waals surface area contributed by atoms with Gasteiger partial charge in [-0.25, -0.2) is 4.98 Å². The van der Waals surface area contributed by atoms with Crippen LogP contribution < -0.4 is 10.5 Å².